The Balaban J connectivity index is 2.45. The molecule has 0 aromatic heterocycles. The summed E-state index contributed by atoms with van der Waals surface area (Å²) in [6.45, 7) is 4.49. The van der Waals surface area contributed by atoms with Crippen LogP contribution in [0.1, 0.15) is 32.3 Å². The van der Waals surface area contributed by atoms with Crippen molar-refractivity contribution < 1.29 is 14.7 Å². The molecular weight excluding hydrogens is 266 g/mol. The lowest BCUT2D eigenvalue weighted by molar-refractivity contribution is -0.138. The van der Waals surface area contributed by atoms with Gasteiger partial charge in [0.2, 0.25) is 5.91 Å². The standard InChI is InChI=1S/C17H23NO3/c1-13(2)10-15(11-17(20)21)12-18-16(19)9-8-14-6-4-3-5-7-14/h3-9,13,15H,10-12H2,1-2H3,(H,18,19)(H,20,21)/t15-/m0/s1. The molecule has 1 aromatic rings. The van der Waals surface area contributed by atoms with Gasteiger partial charge < -0.3 is 10.4 Å². The summed E-state index contributed by atoms with van der Waals surface area (Å²) < 4.78 is 0. The molecule has 1 aromatic carbocycles. The lowest BCUT2D eigenvalue weighted by atomic mass is 9.94. The normalized spacial score (nSPS) is 12.5. The lowest BCUT2D eigenvalue weighted by Gasteiger charge is -2.17. The molecule has 2 N–H and O–H groups in total. The van der Waals surface area contributed by atoms with Crippen LogP contribution in [0.15, 0.2) is 36.4 Å². The van der Waals surface area contributed by atoms with E-state index in [9.17, 15) is 9.59 Å². The smallest absolute Gasteiger partial charge is 0.303 e. The topological polar surface area (TPSA) is 66.4 Å². The zero-order valence-electron chi connectivity index (χ0n) is 12.6. The Kier molecular flexibility index (Phi) is 7.23. The maximum absolute atomic E-state index is 11.7. The molecule has 1 amide bonds. The highest BCUT2D eigenvalue weighted by Crippen LogP contribution is 2.14. The molecule has 4 heteroatoms. The van der Waals surface area contributed by atoms with Gasteiger partial charge in [-0.05, 0) is 29.9 Å². The van der Waals surface area contributed by atoms with E-state index in [2.05, 4.69) is 5.32 Å². The summed E-state index contributed by atoms with van der Waals surface area (Å²) in [5.41, 5.74) is 0.955. The molecule has 0 fully saturated rings. The van der Waals surface area contributed by atoms with Crippen molar-refractivity contribution in [3.8, 4) is 0 Å². The fourth-order valence-electron chi connectivity index (χ4n) is 2.19. The van der Waals surface area contributed by atoms with E-state index in [-0.39, 0.29) is 18.2 Å². The van der Waals surface area contributed by atoms with E-state index < -0.39 is 5.97 Å². The first-order chi connectivity index (χ1) is 9.97. The summed E-state index contributed by atoms with van der Waals surface area (Å²) >= 11 is 0. The second kappa shape index (κ2) is 8.95. The maximum atomic E-state index is 11.7. The number of aliphatic carboxylic acids is 1. The van der Waals surface area contributed by atoms with Crippen LogP contribution in [0.5, 0.6) is 0 Å². The van der Waals surface area contributed by atoms with E-state index in [4.69, 9.17) is 5.11 Å². The monoisotopic (exact) mass is 289 g/mol. The van der Waals surface area contributed by atoms with Gasteiger partial charge in [0.25, 0.3) is 0 Å². The van der Waals surface area contributed by atoms with Crippen LogP contribution >= 0.6 is 0 Å². The highest BCUT2D eigenvalue weighted by Gasteiger charge is 2.15. The number of nitrogens with one attached hydrogen (secondary N) is 1. The highest BCUT2D eigenvalue weighted by molar-refractivity contribution is 5.91. The summed E-state index contributed by atoms with van der Waals surface area (Å²) in [4.78, 5) is 22.6. The molecule has 0 saturated heterocycles. The van der Waals surface area contributed by atoms with Gasteiger partial charge in [0.1, 0.15) is 0 Å². The van der Waals surface area contributed by atoms with Gasteiger partial charge in [-0.15, -0.1) is 0 Å². The molecule has 21 heavy (non-hydrogen) atoms. The van der Waals surface area contributed by atoms with Crippen molar-refractivity contribution in [2.75, 3.05) is 6.54 Å². The maximum Gasteiger partial charge on any atom is 0.303 e. The number of carboxylic acids is 1. The quantitative estimate of drug-likeness (QED) is 0.723. The minimum atomic E-state index is -0.824. The highest BCUT2D eigenvalue weighted by atomic mass is 16.4. The van der Waals surface area contributed by atoms with Crippen molar-refractivity contribution in [1.82, 2.24) is 5.32 Å². The number of carboxylic acid groups (broad SMARTS) is 1. The Morgan fingerprint density at radius 2 is 1.90 bits per heavy atom. The van der Waals surface area contributed by atoms with E-state index in [0.29, 0.717) is 12.5 Å². The Hall–Kier alpha value is -2.10. The van der Waals surface area contributed by atoms with E-state index in [1.165, 1.54) is 6.08 Å². The molecule has 0 aliphatic heterocycles. The molecule has 0 radical (unpaired) electrons. The van der Waals surface area contributed by atoms with Crippen LogP contribution in [-0.4, -0.2) is 23.5 Å². The molecule has 0 unspecified atom stereocenters. The first-order valence-corrected chi connectivity index (χ1v) is 7.20. The van der Waals surface area contributed by atoms with Crippen LogP contribution in [0.25, 0.3) is 6.08 Å². The van der Waals surface area contributed by atoms with E-state index >= 15 is 0 Å². The number of rotatable bonds is 8. The number of amides is 1. The zero-order chi connectivity index (χ0) is 15.7. The van der Waals surface area contributed by atoms with Crippen LogP contribution in [-0.2, 0) is 9.59 Å². The van der Waals surface area contributed by atoms with Crippen molar-refractivity contribution in [2.24, 2.45) is 11.8 Å². The minimum absolute atomic E-state index is 0.0309. The van der Waals surface area contributed by atoms with Crippen LogP contribution in [0.4, 0.5) is 0 Å². The van der Waals surface area contributed by atoms with E-state index in [1.54, 1.807) is 6.08 Å². The first-order valence-electron chi connectivity index (χ1n) is 7.20. The van der Waals surface area contributed by atoms with Crippen LogP contribution in [0, 0.1) is 11.8 Å². The number of hydrogen-bond donors (Lipinski definition) is 2. The van der Waals surface area contributed by atoms with Crippen molar-refractivity contribution in [2.45, 2.75) is 26.7 Å². The number of hydrogen-bond acceptors (Lipinski definition) is 2. The summed E-state index contributed by atoms with van der Waals surface area (Å²) in [7, 11) is 0. The third-order valence-electron chi connectivity index (χ3n) is 3.06. The van der Waals surface area contributed by atoms with Crippen LogP contribution in [0.2, 0.25) is 0 Å². The molecule has 0 bridgehead atoms. The first kappa shape index (κ1) is 17.0. The largest absolute Gasteiger partial charge is 0.481 e. The fraction of sp³-hybridized carbons (Fsp3) is 0.412. The van der Waals surface area contributed by atoms with Gasteiger partial charge in [-0.1, -0.05) is 44.2 Å². The molecular formula is C17H23NO3. The number of carbonyl (C=O) groups is 2. The molecule has 1 rings (SSSR count). The van der Waals surface area contributed by atoms with Gasteiger partial charge in [0, 0.05) is 19.0 Å². The Morgan fingerprint density at radius 1 is 1.24 bits per heavy atom. The SMILES string of the molecule is CC(C)C[C@H](CNC(=O)C=Cc1ccccc1)CC(=O)O. The predicted molar refractivity (Wildman–Crippen MR) is 83.7 cm³/mol. The molecule has 0 heterocycles. The summed E-state index contributed by atoms with van der Waals surface area (Å²) in [6, 6.07) is 9.55. The molecule has 114 valence electrons. The van der Waals surface area contributed by atoms with Crippen molar-refractivity contribution in [3.05, 3.63) is 42.0 Å². The molecule has 1 atom stereocenters. The second-order valence-corrected chi connectivity index (χ2v) is 5.58. The Bertz CT molecular complexity index is 480. The van der Waals surface area contributed by atoms with Gasteiger partial charge in [-0.25, -0.2) is 0 Å². The van der Waals surface area contributed by atoms with Crippen LogP contribution in [0.3, 0.4) is 0 Å². The second-order valence-electron chi connectivity index (χ2n) is 5.58. The summed E-state index contributed by atoms with van der Waals surface area (Å²) in [5.74, 6) is -0.643. The van der Waals surface area contributed by atoms with Crippen molar-refractivity contribution in [3.63, 3.8) is 0 Å². The Labute approximate surface area is 125 Å². The average Bonchev–Trinajstić information content (AvgIpc) is 2.42. The van der Waals surface area contributed by atoms with Gasteiger partial charge in [0.15, 0.2) is 0 Å². The lowest BCUT2D eigenvalue weighted by Crippen LogP contribution is -2.29. The third-order valence-corrected chi connectivity index (χ3v) is 3.06. The molecule has 0 spiro atoms. The fourth-order valence-corrected chi connectivity index (χ4v) is 2.19. The minimum Gasteiger partial charge on any atom is -0.481 e. The van der Waals surface area contributed by atoms with E-state index in [1.807, 2.05) is 44.2 Å². The van der Waals surface area contributed by atoms with Crippen LogP contribution < -0.4 is 5.32 Å². The van der Waals surface area contributed by atoms with Gasteiger partial charge in [0.05, 0.1) is 0 Å². The van der Waals surface area contributed by atoms with Crippen molar-refractivity contribution >= 4 is 18.0 Å². The molecule has 4 nitrogen and oxygen atoms in total. The van der Waals surface area contributed by atoms with E-state index in [0.717, 1.165) is 12.0 Å². The van der Waals surface area contributed by atoms with Gasteiger partial charge in [-0.2, -0.15) is 0 Å². The summed E-state index contributed by atoms with van der Waals surface area (Å²) in [5, 5.41) is 11.7. The van der Waals surface area contributed by atoms with Crippen molar-refractivity contribution in [1.29, 1.82) is 0 Å². The van der Waals surface area contributed by atoms with Gasteiger partial charge in [-0.3, -0.25) is 9.59 Å². The average molecular weight is 289 g/mol. The third kappa shape index (κ3) is 7.92. The predicted octanol–water partition coefficient (Wildman–Crippen LogP) is 2.95. The number of benzene rings is 1. The molecule has 0 saturated carbocycles. The molecule has 0 aliphatic carbocycles. The van der Waals surface area contributed by atoms with Gasteiger partial charge >= 0.3 is 5.97 Å². The number of carbonyl (C=O) groups excluding carboxylic acids is 1. The summed E-state index contributed by atoms with van der Waals surface area (Å²) in [6.07, 6.45) is 4.09. The molecule has 0 aliphatic rings. The Morgan fingerprint density at radius 3 is 2.48 bits per heavy atom. The zero-order valence-corrected chi connectivity index (χ0v) is 12.6.